The number of benzene rings is 1. The lowest BCUT2D eigenvalue weighted by Crippen LogP contribution is -2.66. The molecule has 1 aliphatic heterocycles. The molecular formula is C56H61N16O9+. The number of ketones is 4. The number of imidazole rings is 3. The van der Waals surface area contributed by atoms with Crippen molar-refractivity contribution in [3.63, 3.8) is 0 Å². The van der Waals surface area contributed by atoms with E-state index in [1.54, 1.807) is 136 Å². The van der Waals surface area contributed by atoms with Crippen molar-refractivity contribution in [3.8, 4) is 5.75 Å². The molecule has 8 heterocycles. The summed E-state index contributed by atoms with van der Waals surface area (Å²) in [6.07, 6.45) is 13.5. The molecule has 0 saturated carbocycles. The number of hydrogen-bond acceptors (Lipinski definition) is 13. The minimum atomic E-state index is -0.723. The van der Waals surface area contributed by atoms with Gasteiger partial charge in [0.1, 0.15) is 28.9 Å². The molecule has 1 aromatic carbocycles. The van der Waals surface area contributed by atoms with Gasteiger partial charge < -0.3 is 64.1 Å². The van der Waals surface area contributed by atoms with Crippen molar-refractivity contribution in [2.75, 3.05) is 22.5 Å². The second kappa shape index (κ2) is 22.7. The van der Waals surface area contributed by atoms with E-state index in [1.165, 1.54) is 38.2 Å². The van der Waals surface area contributed by atoms with Crippen LogP contribution in [-0.2, 0) is 79.8 Å². The van der Waals surface area contributed by atoms with Crippen molar-refractivity contribution in [1.29, 1.82) is 0 Å². The Morgan fingerprint density at radius 3 is 1.99 bits per heavy atom. The summed E-state index contributed by atoms with van der Waals surface area (Å²) < 4.78 is 11.0. The van der Waals surface area contributed by atoms with Gasteiger partial charge in [0.2, 0.25) is 11.6 Å². The number of aryl methyl sites for hydroxylation is 7. The summed E-state index contributed by atoms with van der Waals surface area (Å²) in [6, 6.07) is 9.32. The molecule has 0 saturated heterocycles. The van der Waals surface area contributed by atoms with E-state index in [9.17, 15) is 43.5 Å². The van der Waals surface area contributed by atoms with Crippen molar-refractivity contribution in [2.45, 2.75) is 51.5 Å². The molecule has 25 nitrogen and oxygen atoms in total. The summed E-state index contributed by atoms with van der Waals surface area (Å²) in [6.45, 7) is 1.90. The minimum absolute atomic E-state index is 0.000461. The third-order valence-corrected chi connectivity index (χ3v) is 14.0. The largest absolute Gasteiger partial charge is 0.505 e. The van der Waals surface area contributed by atoms with Crippen molar-refractivity contribution in [1.82, 2.24) is 52.2 Å². The van der Waals surface area contributed by atoms with Gasteiger partial charge >= 0.3 is 0 Å². The van der Waals surface area contributed by atoms with Gasteiger partial charge in [-0.2, -0.15) is 0 Å². The molecule has 418 valence electrons. The maximum Gasteiger partial charge on any atom is 0.292 e. The van der Waals surface area contributed by atoms with Gasteiger partial charge in [0.25, 0.3) is 23.6 Å². The summed E-state index contributed by atoms with van der Waals surface area (Å²) in [5, 5.41) is 22.4. The molecule has 9 rings (SSSR count). The maximum atomic E-state index is 13.7. The van der Waals surface area contributed by atoms with Gasteiger partial charge in [-0.15, -0.1) is 0 Å². The fraction of sp³-hybridized carbons (Fsp3) is 0.286. The molecule has 1 aliphatic rings. The quantitative estimate of drug-likeness (QED) is 0.0533. The summed E-state index contributed by atoms with van der Waals surface area (Å²) in [5.41, 5.74) is 10.1. The molecule has 0 radical (unpaired) electrons. The Balaban J connectivity index is 0.730. The van der Waals surface area contributed by atoms with Crippen LogP contribution in [0.25, 0.3) is 0 Å². The van der Waals surface area contributed by atoms with Gasteiger partial charge in [0.15, 0.2) is 34.8 Å². The lowest BCUT2D eigenvalue weighted by molar-refractivity contribution is -0.404. The maximum absolute atomic E-state index is 13.7. The van der Waals surface area contributed by atoms with Crippen molar-refractivity contribution >= 4 is 75.4 Å². The first-order valence-corrected chi connectivity index (χ1v) is 25.8. The van der Waals surface area contributed by atoms with E-state index < -0.39 is 29.7 Å². The van der Waals surface area contributed by atoms with Crippen LogP contribution in [0.5, 0.6) is 5.75 Å². The minimum Gasteiger partial charge on any atom is -0.505 e. The van der Waals surface area contributed by atoms with Gasteiger partial charge in [-0.3, -0.25) is 43.3 Å². The third kappa shape index (κ3) is 11.9. The average molecular weight is 1100 g/mol. The molecule has 0 unspecified atom stereocenters. The van der Waals surface area contributed by atoms with Gasteiger partial charge in [0.05, 0.1) is 40.6 Å². The number of Topliss-reactive ketones (excluding diaryl/α,β-unsaturated/α-hetero) is 4. The Labute approximate surface area is 463 Å². The molecule has 25 heteroatoms. The van der Waals surface area contributed by atoms with Gasteiger partial charge in [-0.25, -0.2) is 15.0 Å². The molecule has 1 atom stereocenters. The van der Waals surface area contributed by atoms with E-state index in [2.05, 4.69) is 42.0 Å². The Hall–Kier alpha value is -10.0. The normalized spacial score (nSPS) is 12.2. The van der Waals surface area contributed by atoms with E-state index >= 15 is 0 Å². The zero-order chi connectivity index (χ0) is 58.1. The predicted octanol–water partition coefficient (Wildman–Crippen LogP) is 3.37. The first-order chi connectivity index (χ1) is 38.5. The van der Waals surface area contributed by atoms with Crippen LogP contribution in [-0.4, -0.2) is 117 Å². The third-order valence-electron chi connectivity index (χ3n) is 14.0. The second-order valence-corrected chi connectivity index (χ2v) is 20.1. The number of aromatic hydroxyl groups is 1. The van der Waals surface area contributed by atoms with E-state index in [1.807, 2.05) is 0 Å². The average Bonchev–Trinajstić information content (AvgIpc) is 4.48. The highest BCUT2D eigenvalue weighted by atomic mass is 16.3. The SMILES string of the molecule is CCC(=O)c1cc(CC(=O)c2ccc3c(c2)CC(c2c(O)c(CC(=O)c4nc(CC(=O)[C@H]([NH3+])CCNC(=O)c5cc(NC(=O)c6cc(NC(=O)c7nc(NC(=O)c8nccn8C)cn7C)cn6C)cn5C)cn4C)cn2C)=N3)cn1C. The van der Waals surface area contributed by atoms with Crippen LogP contribution in [0.3, 0.4) is 0 Å². The van der Waals surface area contributed by atoms with Crippen molar-refractivity contribution in [2.24, 2.45) is 54.3 Å². The van der Waals surface area contributed by atoms with E-state index in [0.29, 0.717) is 63.8 Å². The van der Waals surface area contributed by atoms with Crippen LogP contribution in [0.1, 0.15) is 122 Å². The van der Waals surface area contributed by atoms with Crippen LogP contribution < -0.4 is 27.0 Å². The zero-order valence-corrected chi connectivity index (χ0v) is 45.9. The fourth-order valence-electron chi connectivity index (χ4n) is 9.79. The molecule has 81 heavy (non-hydrogen) atoms. The van der Waals surface area contributed by atoms with Crippen LogP contribution in [0.15, 0.2) is 91.0 Å². The number of aromatic nitrogens is 10. The van der Waals surface area contributed by atoms with E-state index in [-0.39, 0.29) is 95.8 Å². The van der Waals surface area contributed by atoms with Crippen molar-refractivity contribution < 1.29 is 49.2 Å². The first kappa shape index (κ1) is 55.7. The highest BCUT2D eigenvalue weighted by Gasteiger charge is 2.28. The first-order valence-electron chi connectivity index (χ1n) is 25.8. The topological polar surface area (TPSA) is 318 Å². The van der Waals surface area contributed by atoms with Crippen LogP contribution in [0, 0.1) is 0 Å². The Kier molecular flexibility index (Phi) is 15.6. The summed E-state index contributed by atoms with van der Waals surface area (Å²) in [5.74, 6) is -2.48. The Morgan fingerprint density at radius 1 is 0.630 bits per heavy atom. The van der Waals surface area contributed by atoms with Crippen molar-refractivity contribution in [3.05, 3.63) is 154 Å². The fourth-order valence-corrected chi connectivity index (χ4v) is 9.79. The van der Waals surface area contributed by atoms with Crippen LogP contribution >= 0.6 is 0 Å². The Morgan fingerprint density at radius 2 is 1.30 bits per heavy atom. The van der Waals surface area contributed by atoms with E-state index in [4.69, 9.17) is 4.99 Å². The van der Waals surface area contributed by atoms with Crippen LogP contribution in [0.2, 0.25) is 0 Å². The van der Waals surface area contributed by atoms with Gasteiger partial charge in [-0.05, 0) is 47.5 Å². The smallest absolute Gasteiger partial charge is 0.292 e. The highest BCUT2D eigenvalue weighted by Crippen LogP contribution is 2.35. The summed E-state index contributed by atoms with van der Waals surface area (Å²) in [7, 11) is 11.7. The summed E-state index contributed by atoms with van der Waals surface area (Å²) >= 11 is 0. The number of fused-ring (bicyclic) bond motifs is 1. The lowest BCUT2D eigenvalue weighted by Gasteiger charge is -2.09. The zero-order valence-electron chi connectivity index (χ0n) is 45.9. The molecule has 0 bridgehead atoms. The lowest BCUT2D eigenvalue weighted by atomic mass is 9.99. The standard InChI is InChI=1S/C56H60N16O9/c1-9-43(73)40-16-30(24-67(40)3)17-44(74)31-10-11-38-32(18-31)19-39(63-38)48-49(77)33(25-70(48)6)20-46(76)50-60-36(28-71(50)7)23-45(75)37(57)12-13-59-53(78)41-21-34(26-68(41)4)61-54(79)42-22-35(27-69(42)5)62-56(81)52-64-47(29-72(52)8)65-55(80)51-58-14-15-66(51)2/h10-11,14-16,18,21-22,24-29,37,77H,9,12-13,17,19-20,23,57H2,1-8H3,(H,59,78)(H,61,79)(H,62,81)(H,65,80)/p+1/t37-/m1/s1. The number of carbonyl (C=O) groups excluding carboxylic acids is 8. The number of nitrogens with one attached hydrogen (secondary N) is 4. The van der Waals surface area contributed by atoms with Crippen LogP contribution in [0.4, 0.5) is 22.9 Å². The monoisotopic (exact) mass is 1100 g/mol. The number of quaternary nitrogens is 1. The molecule has 0 fully saturated rings. The highest BCUT2D eigenvalue weighted by molar-refractivity contribution is 6.10. The van der Waals surface area contributed by atoms with Gasteiger partial charge in [-0.1, -0.05) is 6.92 Å². The Bertz CT molecular complexity index is 3910. The number of hydrogen-bond donors (Lipinski definition) is 6. The number of rotatable bonds is 22. The number of amides is 4. The molecule has 7 aromatic heterocycles. The molecule has 8 N–H and O–H groups in total. The molecule has 8 aromatic rings. The molecule has 0 spiro atoms. The number of aliphatic imine (C=N–C) groups is 1. The molecule has 4 amide bonds. The number of anilines is 3. The predicted molar refractivity (Wildman–Crippen MR) is 296 cm³/mol. The second-order valence-electron chi connectivity index (χ2n) is 20.1. The number of nitrogens with zero attached hydrogens (tertiary/aromatic N) is 11. The molecule has 0 aliphatic carbocycles. The molecular weight excluding hydrogens is 1040 g/mol. The van der Waals surface area contributed by atoms with E-state index in [0.717, 1.165) is 11.1 Å². The van der Waals surface area contributed by atoms with Gasteiger partial charge in [0, 0.05) is 149 Å². The number of carbonyl (C=O) groups is 8. The summed E-state index contributed by atoms with van der Waals surface area (Å²) in [4.78, 5) is 123.